The maximum Gasteiger partial charge on any atom is 0.418 e. The summed E-state index contributed by atoms with van der Waals surface area (Å²) in [6, 6.07) is 12.5. The highest BCUT2D eigenvalue weighted by atomic mass is 32.1. The minimum absolute atomic E-state index is 0.0156. The highest BCUT2D eigenvalue weighted by Crippen LogP contribution is 2.36. The molecule has 0 saturated heterocycles. The van der Waals surface area contributed by atoms with Crippen LogP contribution in [0.3, 0.4) is 0 Å². The number of aliphatic imine (C=N–C) groups is 1. The van der Waals surface area contributed by atoms with Crippen LogP contribution in [0.4, 0.5) is 24.5 Å². The molecule has 0 aliphatic carbocycles. The summed E-state index contributed by atoms with van der Waals surface area (Å²) in [7, 11) is 0. The van der Waals surface area contributed by atoms with Gasteiger partial charge >= 0.3 is 6.18 Å². The van der Waals surface area contributed by atoms with Gasteiger partial charge in [0.2, 0.25) is 11.8 Å². The van der Waals surface area contributed by atoms with Crippen LogP contribution >= 0.6 is 23.6 Å². The Labute approximate surface area is 196 Å². The van der Waals surface area contributed by atoms with Crippen LogP contribution < -0.4 is 5.32 Å². The van der Waals surface area contributed by atoms with Gasteiger partial charge < -0.3 is 10.4 Å². The number of hydrogen-bond acceptors (Lipinski definition) is 5. The summed E-state index contributed by atoms with van der Waals surface area (Å²) in [5.41, 5.74) is 1.48. The third-order valence-electron chi connectivity index (χ3n) is 5.03. The zero-order valence-corrected chi connectivity index (χ0v) is 18.7. The number of nitrogens with zero attached hydrogens (tertiary/aromatic N) is 2. The lowest BCUT2D eigenvalue weighted by Crippen LogP contribution is -2.16. The Morgan fingerprint density at radius 1 is 1.18 bits per heavy atom. The average molecular weight is 490 g/mol. The fourth-order valence-electron chi connectivity index (χ4n) is 3.45. The average Bonchev–Trinajstić information content (AvgIpc) is 3.29. The predicted molar refractivity (Wildman–Crippen MR) is 127 cm³/mol. The van der Waals surface area contributed by atoms with E-state index < -0.39 is 17.6 Å². The van der Waals surface area contributed by atoms with Crippen LogP contribution in [0.25, 0.3) is 11.6 Å². The topological polar surface area (TPSA) is 66.6 Å². The molecule has 1 aliphatic heterocycles. The molecule has 0 fully saturated rings. The fraction of sp³-hybridized carbons (Fsp3) is 0.174. The summed E-state index contributed by atoms with van der Waals surface area (Å²) in [5.74, 6) is -0.563. The molecule has 2 aromatic carbocycles. The molecule has 0 unspecified atom stereocenters. The van der Waals surface area contributed by atoms with Crippen molar-refractivity contribution in [2.24, 2.45) is 4.99 Å². The normalized spacial score (nSPS) is 14.0. The molecule has 2 N–H and O–H groups in total. The maximum atomic E-state index is 13.1. The lowest BCUT2D eigenvalue weighted by atomic mass is 10.1. The molecule has 33 heavy (non-hydrogen) atoms. The summed E-state index contributed by atoms with van der Waals surface area (Å²) in [6.45, 7) is 0.253. The lowest BCUT2D eigenvalue weighted by molar-refractivity contribution is -0.137. The first-order chi connectivity index (χ1) is 15.7. The molecule has 2 heterocycles. The van der Waals surface area contributed by atoms with Crippen molar-refractivity contribution >= 4 is 58.7 Å². The Hall–Kier alpha value is -3.24. The maximum absolute atomic E-state index is 13.1. The number of halogens is 3. The summed E-state index contributed by atoms with van der Waals surface area (Å²) in [4.78, 5) is 17.1. The molecule has 10 heteroatoms. The first-order valence-corrected chi connectivity index (χ1v) is 11.2. The van der Waals surface area contributed by atoms with Gasteiger partial charge in [-0.05, 0) is 42.9 Å². The smallest absolute Gasteiger partial charge is 0.418 e. The number of aromatic nitrogens is 1. The Morgan fingerprint density at radius 2 is 1.91 bits per heavy atom. The second-order valence-corrected chi connectivity index (χ2v) is 8.95. The Morgan fingerprint density at radius 3 is 2.70 bits per heavy atom. The number of alkyl halides is 3. The van der Waals surface area contributed by atoms with Gasteiger partial charge in [-0.1, -0.05) is 30.3 Å². The van der Waals surface area contributed by atoms with E-state index in [0.29, 0.717) is 15.3 Å². The molecule has 0 spiro atoms. The van der Waals surface area contributed by atoms with Gasteiger partial charge in [0.15, 0.2) is 3.95 Å². The molecule has 0 bridgehead atoms. The van der Waals surface area contributed by atoms with Gasteiger partial charge in [0.25, 0.3) is 0 Å². The number of carbonyl (C=O) groups excluding carboxylic acids is 1. The fourth-order valence-corrected chi connectivity index (χ4v) is 4.76. The summed E-state index contributed by atoms with van der Waals surface area (Å²) in [6.07, 6.45) is -0.768. The molecule has 3 aromatic rings. The third-order valence-corrected chi connectivity index (χ3v) is 6.42. The van der Waals surface area contributed by atoms with E-state index >= 15 is 0 Å². The van der Waals surface area contributed by atoms with Crippen LogP contribution in [0.5, 0.6) is 5.88 Å². The lowest BCUT2D eigenvalue weighted by Gasteiger charge is -2.13. The zero-order chi connectivity index (χ0) is 23.6. The van der Waals surface area contributed by atoms with E-state index in [1.54, 1.807) is 6.21 Å². The quantitative estimate of drug-likeness (QED) is 0.380. The zero-order valence-electron chi connectivity index (χ0n) is 17.1. The molecule has 0 saturated carbocycles. The van der Waals surface area contributed by atoms with E-state index in [0.717, 1.165) is 22.9 Å². The SMILES string of the molecule is O=C(CCCn1c(O)c(/C=C2/C=Nc3ccccc32)sc1=S)Nc1ccccc1C(F)(F)F. The minimum atomic E-state index is -4.56. The first kappa shape index (κ1) is 22.9. The van der Waals surface area contributed by atoms with Gasteiger partial charge in [-0.25, -0.2) is 0 Å². The summed E-state index contributed by atoms with van der Waals surface area (Å²) >= 11 is 6.59. The molecular formula is C23H18F3N3O2S2. The van der Waals surface area contributed by atoms with E-state index in [2.05, 4.69) is 10.3 Å². The molecule has 0 radical (unpaired) electrons. The standard InChI is InChI=1S/C23H18F3N3O2S2/c24-23(25,26)16-7-2-4-9-18(16)28-20(30)10-5-11-29-21(31)19(33-22(29)32)12-14-13-27-17-8-3-1-6-15(14)17/h1-4,6-9,12-13,31H,5,10-11H2,(H,28,30)/b14-12-. The van der Waals surface area contributed by atoms with E-state index in [1.807, 2.05) is 30.3 Å². The molecule has 4 rings (SSSR count). The molecule has 0 atom stereocenters. The van der Waals surface area contributed by atoms with Crippen molar-refractivity contribution in [3.8, 4) is 5.88 Å². The van der Waals surface area contributed by atoms with Gasteiger partial charge in [-0.3, -0.25) is 14.4 Å². The van der Waals surface area contributed by atoms with Crippen molar-refractivity contribution in [3.63, 3.8) is 0 Å². The van der Waals surface area contributed by atoms with Gasteiger partial charge in [0, 0.05) is 30.3 Å². The van der Waals surface area contributed by atoms with Gasteiger partial charge in [-0.15, -0.1) is 11.3 Å². The number of nitrogens with one attached hydrogen (secondary N) is 1. The van der Waals surface area contributed by atoms with Crippen LogP contribution in [0.15, 0.2) is 53.5 Å². The summed E-state index contributed by atoms with van der Waals surface area (Å²) < 4.78 is 41.2. The van der Waals surface area contributed by atoms with Crippen LogP contribution in [-0.4, -0.2) is 21.8 Å². The Kier molecular flexibility index (Phi) is 6.48. The number of carbonyl (C=O) groups is 1. The molecular weight excluding hydrogens is 471 g/mol. The number of rotatable bonds is 6. The highest BCUT2D eigenvalue weighted by Gasteiger charge is 2.33. The predicted octanol–water partition coefficient (Wildman–Crippen LogP) is 6.68. The monoisotopic (exact) mass is 489 g/mol. The van der Waals surface area contributed by atoms with Crippen LogP contribution in [0, 0.1) is 3.95 Å². The van der Waals surface area contributed by atoms with Gasteiger partial charge in [0.05, 0.1) is 21.8 Å². The third kappa shape index (κ3) is 5.07. The van der Waals surface area contributed by atoms with Crippen molar-refractivity contribution in [2.45, 2.75) is 25.6 Å². The van der Waals surface area contributed by atoms with Crippen molar-refractivity contribution in [1.29, 1.82) is 0 Å². The van der Waals surface area contributed by atoms with Crippen LogP contribution in [-0.2, 0) is 17.5 Å². The van der Waals surface area contributed by atoms with E-state index in [1.165, 1.54) is 34.1 Å². The Bertz CT molecular complexity index is 1320. The number of hydrogen-bond donors (Lipinski definition) is 2. The number of amides is 1. The van der Waals surface area contributed by atoms with Crippen LogP contribution in [0.2, 0.25) is 0 Å². The van der Waals surface area contributed by atoms with Crippen molar-refractivity contribution < 1.29 is 23.1 Å². The molecule has 1 aromatic heterocycles. The molecule has 1 amide bonds. The first-order valence-electron chi connectivity index (χ1n) is 9.98. The number of allylic oxidation sites excluding steroid dienone is 1. The number of anilines is 1. The molecule has 5 nitrogen and oxygen atoms in total. The van der Waals surface area contributed by atoms with Crippen molar-refractivity contribution in [2.75, 3.05) is 5.32 Å². The minimum Gasteiger partial charge on any atom is -0.493 e. The molecule has 170 valence electrons. The second-order valence-electron chi connectivity index (χ2n) is 7.28. The number of fused-ring (bicyclic) bond motifs is 1. The number of para-hydroxylation sites is 2. The van der Waals surface area contributed by atoms with Crippen molar-refractivity contribution in [3.05, 3.63) is 68.5 Å². The van der Waals surface area contributed by atoms with Crippen LogP contribution in [0.1, 0.15) is 28.8 Å². The highest BCUT2D eigenvalue weighted by molar-refractivity contribution is 7.73. The van der Waals surface area contributed by atoms with E-state index in [-0.39, 0.29) is 24.5 Å². The largest absolute Gasteiger partial charge is 0.493 e. The molecule has 1 aliphatic rings. The number of benzene rings is 2. The summed E-state index contributed by atoms with van der Waals surface area (Å²) in [5, 5.41) is 13.0. The van der Waals surface area contributed by atoms with E-state index in [4.69, 9.17) is 12.2 Å². The number of aromatic hydroxyl groups is 1. The second kappa shape index (κ2) is 9.32. The van der Waals surface area contributed by atoms with Gasteiger partial charge in [0.1, 0.15) is 0 Å². The Balaban J connectivity index is 1.41. The van der Waals surface area contributed by atoms with Gasteiger partial charge in [-0.2, -0.15) is 13.2 Å². The van der Waals surface area contributed by atoms with Crippen molar-refractivity contribution in [1.82, 2.24) is 4.57 Å². The van der Waals surface area contributed by atoms with E-state index in [9.17, 15) is 23.1 Å². The number of thiazole rings is 1.